The van der Waals surface area contributed by atoms with E-state index in [4.69, 9.17) is 17.0 Å². The van der Waals surface area contributed by atoms with Crippen LogP contribution in [0.1, 0.15) is 37.0 Å². The third kappa shape index (κ3) is 5.27. The van der Waals surface area contributed by atoms with Crippen molar-refractivity contribution in [1.29, 1.82) is 0 Å². The van der Waals surface area contributed by atoms with Gasteiger partial charge in [-0.2, -0.15) is 4.80 Å². The molecule has 1 aromatic carbocycles. The van der Waals surface area contributed by atoms with Crippen LogP contribution in [-0.4, -0.2) is 37.8 Å². The van der Waals surface area contributed by atoms with E-state index in [0.717, 1.165) is 18.6 Å². The number of benzene rings is 1. The molecule has 0 aliphatic carbocycles. The number of carbonyl (C=O) groups excluding carboxylic acids is 1. The zero-order valence-corrected chi connectivity index (χ0v) is 14.5. The van der Waals surface area contributed by atoms with E-state index in [1.807, 2.05) is 6.92 Å². The summed E-state index contributed by atoms with van der Waals surface area (Å²) >= 11 is 5.07. The Morgan fingerprint density at radius 3 is 2.67 bits per heavy atom. The lowest BCUT2D eigenvalue weighted by Crippen LogP contribution is -2.34. The fourth-order valence-electron chi connectivity index (χ4n) is 1.77. The van der Waals surface area contributed by atoms with Crippen molar-refractivity contribution in [3.63, 3.8) is 0 Å². The number of nitrogens with one attached hydrogen (secondary N) is 2. The average molecular weight is 348 g/mol. The van der Waals surface area contributed by atoms with Gasteiger partial charge in [-0.3, -0.25) is 15.4 Å². The van der Waals surface area contributed by atoms with E-state index in [2.05, 4.69) is 33.0 Å². The smallest absolute Gasteiger partial charge is 0.269 e. The van der Waals surface area contributed by atoms with Gasteiger partial charge in [0, 0.05) is 5.56 Å². The zero-order chi connectivity index (χ0) is 17.4. The third-order valence-electron chi connectivity index (χ3n) is 3.07. The Morgan fingerprint density at radius 1 is 1.29 bits per heavy atom. The molecule has 1 heterocycles. The second kappa shape index (κ2) is 8.92. The molecule has 0 saturated carbocycles. The predicted octanol–water partition coefficient (Wildman–Crippen LogP) is 2.00. The molecule has 0 bridgehead atoms. The van der Waals surface area contributed by atoms with Gasteiger partial charge in [-0.25, -0.2) is 0 Å². The molecular formula is C15H20N6O2S. The number of thiocarbonyl (C=S) groups is 1. The number of hydrogen-bond donors (Lipinski definition) is 2. The molecule has 2 N–H and O–H groups in total. The van der Waals surface area contributed by atoms with Crippen molar-refractivity contribution in [2.75, 3.05) is 11.9 Å². The van der Waals surface area contributed by atoms with Gasteiger partial charge in [0.2, 0.25) is 0 Å². The molecule has 0 saturated heterocycles. The molecule has 2 aromatic rings. The Balaban J connectivity index is 1.85. The van der Waals surface area contributed by atoms with Crippen LogP contribution >= 0.6 is 12.2 Å². The van der Waals surface area contributed by atoms with E-state index in [9.17, 15) is 4.79 Å². The molecule has 0 fully saturated rings. The molecule has 8 nitrogen and oxygen atoms in total. The second-order valence-corrected chi connectivity index (χ2v) is 5.34. The van der Waals surface area contributed by atoms with Crippen LogP contribution in [0.3, 0.4) is 0 Å². The Kier molecular flexibility index (Phi) is 6.62. The van der Waals surface area contributed by atoms with Crippen molar-refractivity contribution in [2.24, 2.45) is 0 Å². The topological polar surface area (TPSA) is 94.0 Å². The zero-order valence-electron chi connectivity index (χ0n) is 13.7. The maximum absolute atomic E-state index is 12.1. The number of aryl methyl sites for hydroxylation is 1. The van der Waals surface area contributed by atoms with E-state index in [-0.39, 0.29) is 17.0 Å². The summed E-state index contributed by atoms with van der Waals surface area (Å²) in [5.41, 5.74) is 0.479. The summed E-state index contributed by atoms with van der Waals surface area (Å²) in [5.74, 6) is 0.651. The van der Waals surface area contributed by atoms with Crippen molar-refractivity contribution in [3.8, 4) is 5.75 Å². The number of carbonyl (C=O) groups is 1. The Morgan fingerprint density at radius 2 is 2.04 bits per heavy atom. The summed E-state index contributed by atoms with van der Waals surface area (Å²) in [5, 5.41) is 17.0. The van der Waals surface area contributed by atoms with Crippen LogP contribution in [0.15, 0.2) is 24.3 Å². The van der Waals surface area contributed by atoms with Crippen molar-refractivity contribution in [3.05, 3.63) is 29.8 Å². The van der Waals surface area contributed by atoms with E-state index in [0.29, 0.717) is 18.7 Å². The minimum absolute atomic E-state index is 0.110. The van der Waals surface area contributed by atoms with Gasteiger partial charge in [0.25, 0.3) is 11.9 Å². The molecule has 0 unspecified atom stereocenters. The minimum atomic E-state index is -0.324. The summed E-state index contributed by atoms with van der Waals surface area (Å²) in [6.45, 7) is 5.26. The SMILES string of the molecule is CCCCOc1ccc(C(=O)NC(=S)Nc2nnn(CC)n2)cc1. The maximum Gasteiger partial charge on any atom is 0.269 e. The second-order valence-electron chi connectivity index (χ2n) is 4.94. The molecule has 2 rings (SSSR count). The summed E-state index contributed by atoms with van der Waals surface area (Å²) in [6.07, 6.45) is 2.07. The van der Waals surface area contributed by atoms with Crippen LogP contribution < -0.4 is 15.4 Å². The van der Waals surface area contributed by atoms with Gasteiger partial charge in [0.1, 0.15) is 5.75 Å². The molecule has 1 aromatic heterocycles. The first-order valence-corrected chi connectivity index (χ1v) is 8.16. The van der Waals surface area contributed by atoms with E-state index >= 15 is 0 Å². The lowest BCUT2D eigenvalue weighted by atomic mass is 10.2. The van der Waals surface area contributed by atoms with Crippen LogP contribution in [0, 0.1) is 0 Å². The molecule has 1 amide bonds. The molecule has 24 heavy (non-hydrogen) atoms. The van der Waals surface area contributed by atoms with Crippen molar-refractivity contribution < 1.29 is 9.53 Å². The molecule has 0 aliphatic rings. The summed E-state index contributed by atoms with van der Waals surface area (Å²) in [7, 11) is 0. The summed E-state index contributed by atoms with van der Waals surface area (Å²) in [4.78, 5) is 13.5. The van der Waals surface area contributed by atoms with Crippen molar-refractivity contribution in [1.82, 2.24) is 25.5 Å². The van der Waals surface area contributed by atoms with Gasteiger partial charge in [-0.15, -0.1) is 5.10 Å². The Labute approximate surface area is 145 Å². The van der Waals surface area contributed by atoms with Crippen LogP contribution in [-0.2, 0) is 6.54 Å². The molecule has 0 radical (unpaired) electrons. The number of ether oxygens (including phenoxy) is 1. The van der Waals surface area contributed by atoms with Crippen LogP contribution in [0.4, 0.5) is 5.95 Å². The predicted molar refractivity (Wildman–Crippen MR) is 94.0 cm³/mol. The van der Waals surface area contributed by atoms with Crippen LogP contribution in [0.25, 0.3) is 0 Å². The van der Waals surface area contributed by atoms with Crippen LogP contribution in [0.2, 0.25) is 0 Å². The van der Waals surface area contributed by atoms with Gasteiger partial charge in [-0.05, 0) is 55.0 Å². The average Bonchev–Trinajstić information content (AvgIpc) is 3.03. The highest BCUT2D eigenvalue weighted by Gasteiger charge is 2.10. The van der Waals surface area contributed by atoms with Crippen molar-refractivity contribution >= 4 is 29.2 Å². The largest absolute Gasteiger partial charge is 0.494 e. The monoisotopic (exact) mass is 348 g/mol. The quantitative estimate of drug-likeness (QED) is 0.584. The number of nitrogens with zero attached hydrogens (tertiary/aromatic N) is 4. The normalized spacial score (nSPS) is 10.2. The number of rotatable bonds is 7. The van der Waals surface area contributed by atoms with Gasteiger partial charge in [0.05, 0.1) is 13.2 Å². The van der Waals surface area contributed by atoms with Gasteiger partial charge in [0.15, 0.2) is 5.11 Å². The first-order chi connectivity index (χ1) is 11.6. The lowest BCUT2D eigenvalue weighted by molar-refractivity contribution is 0.0977. The lowest BCUT2D eigenvalue weighted by Gasteiger charge is -2.08. The third-order valence-corrected chi connectivity index (χ3v) is 3.28. The fourth-order valence-corrected chi connectivity index (χ4v) is 1.96. The summed E-state index contributed by atoms with van der Waals surface area (Å²) < 4.78 is 5.56. The molecule has 128 valence electrons. The Bertz CT molecular complexity index is 686. The standard InChI is InChI=1S/C15H20N6O2S/c1-3-5-10-23-12-8-6-11(7-9-12)13(22)16-15(24)17-14-18-20-21(4-2)19-14/h6-9H,3-5,10H2,1-2H3,(H2,16,17,19,22,24). The number of hydrogen-bond acceptors (Lipinski definition) is 6. The molecule has 0 atom stereocenters. The molecule has 9 heteroatoms. The van der Waals surface area contributed by atoms with Gasteiger partial charge in [-0.1, -0.05) is 18.4 Å². The number of amides is 1. The first kappa shape index (κ1) is 17.8. The van der Waals surface area contributed by atoms with E-state index in [1.54, 1.807) is 24.3 Å². The number of tetrazole rings is 1. The van der Waals surface area contributed by atoms with E-state index < -0.39 is 0 Å². The highest BCUT2D eigenvalue weighted by Crippen LogP contribution is 2.12. The Hall–Kier alpha value is -2.55. The van der Waals surface area contributed by atoms with Gasteiger partial charge < -0.3 is 4.74 Å². The van der Waals surface area contributed by atoms with Crippen LogP contribution in [0.5, 0.6) is 5.75 Å². The summed E-state index contributed by atoms with van der Waals surface area (Å²) in [6, 6.07) is 6.89. The fraction of sp³-hybridized carbons (Fsp3) is 0.400. The molecular weight excluding hydrogens is 328 g/mol. The molecule has 0 aliphatic heterocycles. The van der Waals surface area contributed by atoms with Gasteiger partial charge >= 0.3 is 0 Å². The number of unbranched alkanes of at least 4 members (excludes halogenated alkanes) is 1. The highest BCUT2D eigenvalue weighted by molar-refractivity contribution is 7.80. The first-order valence-electron chi connectivity index (χ1n) is 7.75. The maximum atomic E-state index is 12.1. The minimum Gasteiger partial charge on any atom is -0.494 e. The number of aromatic nitrogens is 4. The van der Waals surface area contributed by atoms with E-state index in [1.165, 1.54) is 4.80 Å². The van der Waals surface area contributed by atoms with Crippen molar-refractivity contribution in [2.45, 2.75) is 33.2 Å². The number of anilines is 1. The highest BCUT2D eigenvalue weighted by atomic mass is 32.1. The molecule has 0 spiro atoms.